The zero-order chi connectivity index (χ0) is 14.1. The number of anilines is 1. The number of nitrogens with one attached hydrogen (secondary N) is 1. The maximum atomic E-state index is 5.27. The summed E-state index contributed by atoms with van der Waals surface area (Å²) < 4.78 is 6.25. The van der Waals surface area contributed by atoms with E-state index in [1.165, 1.54) is 12.8 Å². The molecule has 1 N–H and O–H groups in total. The molecule has 1 saturated carbocycles. The molecule has 1 heterocycles. The molecule has 2 aromatic rings. The Morgan fingerprint density at radius 2 is 2.10 bits per heavy atom. The van der Waals surface area contributed by atoms with Crippen LogP contribution in [0.5, 0.6) is 5.75 Å². The molecule has 0 spiro atoms. The highest BCUT2D eigenvalue weighted by Crippen LogP contribution is 2.44. The van der Waals surface area contributed by atoms with E-state index in [9.17, 15) is 0 Å². The molecular weight excluding hydrogens is 318 g/mol. The average Bonchev–Trinajstić information content (AvgIpc) is 3.32. The van der Waals surface area contributed by atoms with Gasteiger partial charge in [0, 0.05) is 18.5 Å². The summed E-state index contributed by atoms with van der Waals surface area (Å²) in [6.07, 6.45) is 2.41. The Bertz CT molecular complexity index is 641. The van der Waals surface area contributed by atoms with Gasteiger partial charge < -0.3 is 10.1 Å². The molecule has 0 saturated heterocycles. The highest BCUT2D eigenvalue weighted by molar-refractivity contribution is 9.10. The smallest absolute Gasteiger partial charge is 0.161 e. The number of hydrogen-bond acceptors (Lipinski definition) is 4. The van der Waals surface area contributed by atoms with Crippen LogP contribution in [0.25, 0.3) is 11.4 Å². The molecule has 0 atom stereocenters. The third-order valence-electron chi connectivity index (χ3n) is 3.41. The highest BCUT2D eigenvalue weighted by atomic mass is 79.9. The summed E-state index contributed by atoms with van der Waals surface area (Å²) in [4.78, 5) is 9.32. The fraction of sp³-hybridized carbons (Fsp3) is 0.333. The lowest BCUT2D eigenvalue weighted by molar-refractivity contribution is 0.415. The molecule has 104 valence electrons. The van der Waals surface area contributed by atoms with Gasteiger partial charge in [0.2, 0.25) is 0 Å². The van der Waals surface area contributed by atoms with Gasteiger partial charge in [-0.1, -0.05) is 12.1 Å². The molecule has 1 aromatic carbocycles. The van der Waals surface area contributed by atoms with Crippen LogP contribution >= 0.6 is 15.9 Å². The Morgan fingerprint density at radius 1 is 1.30 bits per heavy atom. The minimum absolute atomic E-state index is 0.559. The molecule has 0 amide bonds. The standard InChI is InChI=1S/C15H16BrN3O/c1-17-15-12(16)13(9-6-7-9)18-14(19-15)10-4-3-5-11(8-10)20-2/h3-5,8-9H,6-7H2,1-2H3,(H,17,18,19). The van der Waals surface area contributed by atoms with Crippen LogP contribution in [0.3, 0.4) is 0 Å². The number of benzene rings is 1. The lowest BCUT2D eigenvalue weighted by atomic mass is 10.2. The van der Waals surface area contributed by atoms with Gasteiger partial charge in [-0.25, -0.2) is 9.97 Å². The summed E-state index contributed by atoms with van der Waals surface area (Å²) in [5.74, 6) is 2.94. The third kappa shape index (κ3) is 2.50. The molecule has 0 aliphatic heterocycles. The molecule has 0 bridgehead atoms. The Hall–Kier alpha value is -1.62. The second kappa shape index (κ2) is 5.40. The van der Waals surface area contributed by atoms with Gasteiger partial charge in [-0.15, -0.1) is 0 Å². The normalized spacial score (nSPS) is 14.2. The van der Waals surface area contributed by atoms with E-state index in [2.05, 4.69) is 26.2 Å². The maximum Gasteiger partial charge on any atom is 0.161 e. The molecule has 1 aromatic heterocycles. The van der Waals surface area contributed by atoms with Gasteiger partial charge in [0.15, 0.2) is 5.82 Å². The highest BCUT2D eigenvalue weighted by Gasteiger charge is 2.29. The van der Waals surface area contributed by atoms with Gasteiger partial charge in [0.1, 0.15) is 11.6 Å². The van der Waals surface area contributed by atoms with Gasteiger partial charge in [0.05, 0.1) is 17.3 Å². The Morgan fingerprint density at radius 3 is 2.75 bits per heavy atom. The van der Waals surface area contributed by atoms with Crippen LogP contribution in [0.4, 0.5) is 5.82 Å². The van der Waals surface area contributed by atoms with Gasteiger partial charge in [-0.2, -0.15) is 0 Å². The molecule has 20 heavy (non-hydrogen) atoms. The van der Waals surface area contributed by atoms with E-state index in [4.69, 9.17) is 9.72 Å². The van der Waals surface area contributed by atoms with Gasteiger partial charge >= 0.3 is 0 Å². The quantitative estimate of drug-likeness (QED) is 0.923. The monoisotopic (exact) mass is 333 g/mol. The predicted octanol–water partition coefficient (Wildman–Crippen LogP) is 3.83. The van der Waals surface area contributed by atoms with E-state index >= 15 is 0 Å². The Labute approximate surface area is 126 Å². The number of halogens is 1. The van der Waals surface area contributed by atoms with Crippen molar-refractivity contribution in [2.45, 2.75) is 18.8 Å². The first-order chi connectivity index (χ1) is 9.72. The zero-order valence-electron chi connectivity index (χ0n) is 11.5. The van der Waals surface area contributed by atoms with E-state index < -0.39 is 0 Å². The molecule has 5 heteroatoms. The largest absolute Gasteiger partial charge is 0.497 e. The average molecular weight is 334 g/mol. The van der Waals surface area contributed by atoms with Crippen molar-refractivity contribution < 1.29 is 4.74 Å². The molecule has 3 rings (SSSR count). The summed E-state index contributed by atoms with van der Waals surface area (Å²) in [5, 5.41) is 3.13. The van der Waals surface area contributed by atoms with Crippen molar-refractivity contribution in [3.63, 3.8) is 0 Å². The number of methoxy groups -OCH3 is 1. The van der Waals surface area contributed by atoms with E-state index in [1.807, 2.05) is 31.3 Å². The van der Waals surface area contributed by atoms with Crippen molar-refractivity contribution in [2.75, 3.05) is 19.5 Å². The molecule has 4 nitrogen and oxygen atoms in total. The van der Waals surface area contributed by atoms with E-state index in [-0.39, 0.29) is 0 Å². The number of aromatic nitrogens is 2. The van der Waals surface area contributed by atoms with E-state index in [0.29, 0.717) is 5.92 Å². The summed E-state index contributed by atoms with van der Waals surface area (Å²) in [6, 6.07) is 7.83. The third-order valence-corrected chi connectivity index (χ3v) is 4.19. The SMILES string of the molecule is CNc1nc(-c2cccc(OC)c2)nc(C2CC2)c1Br. The van der Waals surface area contributed by atoms with Crippen molar-refractivity contribution in [3.05, 3.63) is 34.4 Å². The molecule has 1 aliphatic rings. The van der Waals surface area contributed by atoms with Gasteiger partial charge in [-0.3, -0.25) is 0 Å². The summed E-state index contributed by atoms with van der Waals surface area (Å²) in [6.45, 7) is 0. The van der Waals surface area contributed by atoms with Gasteiger partial charge in [0.25, 0.3) is 0 Å². The molecule has 1 fully saturated rings. The summed E-state index contributed by atoms with van der Waals surface area (Å²) >= 11 is 3.60. The van der Waals surface area contributed by atoms with Crippen molar-refractivity contribution >= 4 is 21.7 Å². The van der Waals surface area contributed by atoms with E-state index in [1.54, 1.807) is 7.11 Å². The van der Waals surface area contributed by atoms with Crippen LogP contribution in [0.1, 0.15) is 24.5 Å². The van der Waals surface area contributed by atoms with Crippen molar-refractivity contribution in [2.24, 2.45) is 0 Å². The minimum atomic E-state index is 0.559. The van der Waals surface area contributed by atoms with Crippen molar-refractivity contribution in [1.29, 1.82) is 0 Å². The number of nitrogens with zero attached hydrogens (tertiary/aromatic N) is 2. The van der Waals surface area contributed by atoms with Crippen molar-refractivity contribution in [3.8, 4) is 17.1 Å². The van der Waals surface area contributed by atoms with Crippen LogP contribution in [0, 0.1) is 0 Å². The summed E-state index contributed by atoms with van der Waals surface area (Å²) in [5.41, 5.74) is 2.07. The lowest BCUT2D eigenvalue weighted by Gasteiger charge is -2.11. The fourth-order valence-corrected chi connectivity index (χ4v) is 2.85. The number of hydrogen-bond donors (Lipinski definition) is 1. The predicted molar refractivity (Wildman–Crippen MR) is 83.2 cm³/mol. The molecular formula is C15H16BrN3O. The first-order valence-corrected chi connectivity index (χ1v) is 7.42. The summed E-state index contributed by atoms with van der Waals surface area (Å²) in [7, 11) is 3.54. The Kier molecular flexibility index (Phi) is 3.61. The van der Waals surface area contributed by atoms with Gasteiger partial charge in [-0.05, 0) is 40.9 Å². The number of ether oxygens (including phenoxy) is 1. The molecule has 1 aliphatic carbocycles. The van der Waals surface area contributed by atoms with Crippen molar-refractivity contribution in [1.82, 2.24) is 9.97 Å². The van der Waals surface area contributed by atoms with Crippen LogP contribution < -0.4 is 10.1 Å². The molecule has 0 unspecified atom stereocenters. The second-order valence-electron chi connectivity index (χ2n) is 4.85. The number of rotatable bonds is 4. The topological polar surface area (TPSA) is 47.0 Å². The Balaban J connectivity index is 2.10. The lowest BCUT2D eigenvalue weighted by Crippen LogP contribution is -2.02. The zero-order valence-corrected chi connectivity index (χ0v) is 13.1. The van der Waals surface area contributed by atoms with E-state index in [0.717, 1.165) is 33.1 Å². The minimum Gasteiger partial charge on any atom is -0.497 e. The first-order valence-electron chi connectivity index (χ1n) is 6.62. The van der Waals surface area contributed by atoms with Crippen LogP contribution in [-0.2, 0) is 0 Å². The second-order valence-corrected chi connectivity index (χ2v) is 5.64. The maximum absolute atomic E-state index is 5.27. The fourth-order valence-electron chi connectivity index (χ4n) is 2.15. The van der Waals surface area contributed by atoms with Crippen LogP contribution in [0.2, 0.25) is 0 Å². The first kappa shape index (κ1) is 13.4. The molecule has 0 radical (unpaired) electrons. The van der Waals surface area contributed by atoms with Crippen LogP contribution in [0.15, 0.2) is 28.7 Å². The van der Waals surface area contributed by atoms with Crippen LogP contribution in [-0.4, -0.2) is 24.1 Å².